The molecule has 0 aromatic rings. The van der Waals surface area contributed by atoms with E-state index in [9.17, 15) is 0 Å². The van der Waals surface area contributed by atoms with Gasteiger partial charge in [-0.1, -0.05) is 24.3 Å². The highest BCUT2D eigenvalue weighted by atomic mass is 15.2. The molecule has 0 aliphatic heterocycles. The van der Waals surface area contributed by atoms with Gasteiger partial charge >= 0.3 is 0 Å². The van der Waals surface area contributed by atoms with E-state index in [4.69, 9.17) is 10.2 Å². The molecule has 2 saturated carbocycles. The van der Waals surface area contributed by atoms with Crippen LogP contribution in [0.2, 0.25) is 0 Å². The monoisotopic (exact) mass is 214 g/mol. The van der Waals surface area contributed by atoms with Gasteiger partial charge in [0.15, 0.2) is 0 Å². The van der Waals surface area contributed by atoms with Crippen molar-refractivity contribution in [3.63, 3.8) is 0 Å². The van der Waals surface area contributed by atoms with Gasteiger partial charge in [-0.25, -0.2) is 0 Å². The van der Waals surface area contributed by atoms with E-state index >= 15 is 0 Å². The lowest BCUT2D eigenvalue weighted by molar-refractivity contribution is 0.453. The van der Waals surface area contributed by atoms with Crippen LogP contribution >= 0.6 is 0 Å². The van der Waals surface area contributed by atoms with Gasteiger partial charge in [0.2, 0.25) is 0 Å². The minimum atomic E-state index is 0.105. The summed E-state index contributed by atoms with van der Waals surface area (Å²) in [5.41, 5.74) is 0.210. The van der Waals surface area contributed by atoms with Gasteiger partial charge in [0.05, 0.1) is 0 Å². The molecule has 0 spiro atoms. The summed E-state index contributed by atoms with van der Waals surface area (Å²) in [7, 11) is 0. The van der Waals surface area contributed by atoms with Crippen molar-refractivity contribution in [2.24, 2.45) is 22.1 Å². The number of hydrogen-bond donors (Lipinski definition) is 0. The Kier molecular flexibility index (Phi) is 1.63. The summed E-state index contributed by atoms with van der Waals surface area (Å²) < 4.78 is 0. The molecular formula is C14H18N2. The van der Waals surface area contributed by atoms with Crippen LogP contribution in [0.15, 0.2) is 34.5 Å². The summed E-state index contributed by atoms with van der Waals surface area (Å²) in [6.07, 6.45) is 16.9. The van der Waals surface area contributed by atoms with Crippen LogP contribution in [0.4, 0.5) is 0 Å². The Hall–Kier alpha value is -0.920. The maximum absolute atomic E-state index is 4.75. The van der Waals surface area contributed by atoms with E-state index in [0.717, 1.165) is 11.8 Å². The van der Waals surface area contributed by atoms with Gasteiger partial charge in [0, 0.05) is 0 Å². The Morgan fingerprint density at radius 1 is 0.812 bits per heavy atom. The van der Waals surface area contributed by atoms with Crippen LogP contribution in [0.1, 0.15) is 38.5 Å². The summed E-state index contributed by atoms with van der Waals surface area (Å²) in [5.74, 6) is 1.60. The maximum Gasteiger partial charge on any atom is 0.100 e. The Balaban J connectivity index is 1.59. The van der Waals surface area contributed by atoms with Gasteiger partial charge in [-0.15, -0.1) is 0 Å². The molecule has 4 aliphatic carbocycles. The number of nitrogens with zero attached hydrogens (tertiary/aromatic N) is 2. The molecule has 0 heterocycles. The average Bonchev–Trinajstić information content (AvgIpc) is 3.07. The lowest BCUT2D eigenvalue weighted by Crippen LogP contribution is -2.21. The molecule has 0 N–H and O–H groups in total. The van der Waals surface area contributed by atoms with E-state index in [2.05, 4.69) is 24.3 Å². The molecule has 0 saturated heterocycles. The van der Waals surface area contributed by atoms with Crippen molar-refractivity contribution in [1.82, 2.24) is 0 Å². The van der Waals surface area contributed by atoms with E-state index in [1.165, 1.54) is 38.5 Å². The van der Waals surface area contributed by atoms with E-state index in [1.54, 1.807) is 0 Å². The molecule has 16 heavy (non-hydrogen) atoms. The largest absolute Gasteiger partial charge is 0.182 e. The predicted octanol–water partition coefficient (Wildman–Crippen LogP) is 3.66. The number of allylic oxidation sites excluding steroid dienone is 2. The number of fused-ring (bicyclic) bond motifs is 4. The van der Waals surface area contributed by atoms with Crippen molar-refractivity contribution in [2.45, 2.75) is 49.6 Å². The number of rotatable bonds is 2. The van der Waals surface area contributed by atoms with Crippen LogP contribution < -0.4 is 0 Å². The molecule has 4 bridgehead atoms. The predicted molar refractivity (Wildman–Crippen MR) is 63.3 cm³/mol. The zero-order chi connectivity index (χ0) is 10.6. The van der Waals surface area contributed by atoms with E-state index in [1.807, 2.05) is 0 Å². The first-order valence-corrected chi connectivity index (χ1v) is 6.61. The molecule has 0 aromatic carbocycles. The Morgan fingerprint density at radius 2 is 1.31 bits per heavy atom. The van der Waals surface area contributed by atoms with E-state index in [-0.39, 0.29) is 11.1 Å². The van der Waals surface area contributed by atoms with Crippen molar-refractivity contribution in [3.05, 3.63) is 24.3 Å². The minimum absolute atomic E-state index is 0.105. The van der Waals surface area contributed by atoms with E-state index in [0.29, 0.717) is 0 Å². The molecule has 4 aliphatic rings. The van der Waals surface area contributed by atoms with E-state index < -0.39 is 0 Å². The topological polar surface area (TPSA) is 24.7 Å². The van der Waals surface area contributed by atoms with Gasteiger partial charge in [-0.05, 0) is 50.4 Å². The third-order valence-corrected chi connectivity index (χ3v) is 4.93. The quantitative estimate of drug-likeness (QED) is 0.495. The summed E-state index contributed by atoms with van der Waals surface area (Å²) in [4.78, 5) is 0. The smallest absolute Gasteiger partial charge is 0.100 e. The fourth-order valence-electron chi connectivity index (χ4n) is 3.90. The molecular weight excluding hydrogens is 196 g/mol. The molecule has 0 amide bonds. The van der Waals surface area contributed by atoms with Gasteiger partial charge < -0.3 is 0 Å². The van der Waals surface area contributed by atoms with Gasteiger partial charge in [-0.2, -0.15) is 10.2 Å². The lowest BCUT2D eigenvalue weighted by Gasteiger charge is -2.21. The molecule has 4 atom stereocenters. The lowest BCUT2D eigenvalue weighted by atomic mass is 9.99. The molecule has 84 valence electrons. The fraction of sp³-hybridized carbons (Fsp3) is 0.714. The second-order valence-corrected chi connectivity index (χ2v) is 6.13. The first kappa shape index (κ1) is 9.15. The van der Waals surface area contributed by atoms with Gasteiger partial charge in [0.25, 0.3) is 0 Å². The normalized spacial score (nSPS) is 52.5. The first-order chi connectivity index (χ1) is 7.78. The first-order valence-electron chi connectivity index (χ1n) is 6.61. The molecule has 2 fully saturated rings. The SMILES string of the molecule is C1=CC2(N=NC34C=CC(CC3)C4)CCC1C2. The van der Waals surface area contributed by atoms with Crippen molar-refractivity contribution in [3.8, 4) is 0 Å². The third-order valence-electron chi connectivity index (χ3n) is 4.93. The highest BCUT2D eigenvalue weighted by Crippen LogP contribution is 2.49. The zero-order valence-electron chi connectivity index (χ0n) is 9.60. The highest BCUT2D eigenvalue weighted by molar-refractivity contribution is 5.23. The standard InChI is InChI=1S/C14H18N2/c1-5-13(6-2-11(1)9-13)15-16-14-7-3-12(10-14)4-8-14/h1,3,5,7,11-12H,2,4,6,8-10H2. The summed E-state index contributed by atoms with van der Waals surface area (Å²) in [6, 6.07) is 0. The second-order valence-electron chi connectivity index (χ2n) is 6.13. The van der Waals surface area contributed by atoms with Crippen molar-refractivity contribution < 1.29 is 0 Å². The number of azo groups is 1. The second kappa shape index (κ2) is 2.85. The Labute approximate surface area is 96.5 Å². The highest BCUT2D eigenvalue weighted by Gasteiger charge is 2.44. The van der Waals surface area contributed by atoms with Crippen molar-refractivity contribution >= 4 is 0 Å². The average molecular weight is 214 g/mol. The zero-order valence-corrected chi connectivity index (χ0v) is 9.60. The van der Waals surface area contributed by atoms with Crippen LogP contribution in [0.5, 0.6) is 0 Å². The van der Waals surface area contributed by atoms with Crippen LogP contribution in [-0.4, -0.2) is 11.1 Å². The summed E-state index contributed by atoms with van der Waals surface area (Å²) >= 11 is 0. The van der Waals surface area contributed by atoms with Crippen LogP contribution in [0, 0.1) is 11.8 Å². The van der Waals surface area contributed by atoms with Crippen LogP contribution in [0.3, 0.4) is 0 Å². The van der Waals surface area contributed by atoms with Crippen LogP contribution in [0.25, 0.3) is 0 Å². The van der Waals surface area contributed by atoms with Gasteiger partial charge in [-0.3, -0.25) is 0 Å². The van der Waals surface area contributed by atoms with Crippen LogP contribution in [-0.2, 0) is 0 Å². The Bertz CT molecular complexity index is 371. The molecule has 0 aromatic heterocycles. The molecule has 4 unspecified atom stereocenters. The van der Waals surface area contributed by atoms with Crippen molar-refractivity contribution in [2.75, 3.05) is 0 Å². The van der Waals surface area contributed by atoms with Crippen molar-refractivity contribution in [1.29, 1.82) is 0 Å². The fourth-order valence-corrected chi connectivity index (χ4v) is 3.90. The summed E-state index contributed by atoms with van der Waals surface area (Å²) in [6.45, 7) is 0. The molecule has 0 radical (unpaired) electrons. The molecule has 4 rings (SSSR count). The maximum atomic E-state index is 4.75. The molecule has 2 heteroatoms. The summed E-state index contributed by atoms with van der Waals surface area (Å²) in [5, 5.41) is 9.51. The minimum Gasteiger partial charge on any atom is -0.182 e. The molecule has 2 nitrogen and oxygen atoms in total. The third kappa shape index (κ3) is 1.19. The Morgan fingerprint density at radius 3 is 1.56 bits per heavy atom. The van der Waals surface area contributed by atoms with Gasteiger partial charge in [0.1, 0.15) is 11.1 Å². The number of hydrogen-bond acceptors (Lipinski definition) is 2.